The SMILES string of the molecule is Cc1cc(OC(=O)[C@H]2CC(=O)N(c3ccc(F)cc3)C2)ccc1N1C(=O)c2ccc(Br)cc2C1=O. The highest BCUT2D eigenvalue weighted by atomic mass is 79.9. The van der Waals surface area contributed by atoms with E-state index in [1.54, 1.807) is 37.3 Å². The number of nitrogens with zero attached hydrogens (tertiary/aromatic N) is 2. The van der Waals surface area contributed by atoms with Gasteiger partial charge >= 0.3 is 5.97 Å². The minimum atomic E-state index is -0.679. The highest BCUT2D eigenvalue weighted by Gasteiger charge is 2.38. The van der Waals surface area contributed by atoms with Gasteiger partial charge in [-0.1, -0.05) is 15.9 Å². The number of carbonyl (C=O) groups is 4. The van der Waals surface area contributed by atoms with Crippen LogP contribution in [0.15, 0.2) is 65.1 Å². The Hall–Kier alpha value is -3.85. The largest absolute Gasteiger partial charge is 0.426 e. The summed E-state index contributed by atoms with van der Waals surface area (Å²) < 4.78 is 19.4. The summed E-state index contributed by atoms with van der Waals surface area (Å²) in [5.41, 5.74) is 2.12. The number of imide groups is 1. The molecule has 0 unspecified atom stereocenters. The second kappa shape index (κ2) is 8.74. The molecule has 0 aromatic heterocycles. The number of benzene rings is 3. The molecular weight excluding hydrogens is 519 g/mol. The molecule has 176 valence electrons. The molecule has 3 aromatic carbocycles. The summed E-state index contributed by atoms with van der Waals surface area (Å²) in [7, 11) is 0. The molecule has 2 aliphatic rings. The zero-order valence-corrected chi connectivity index (χ0v) is 20.0. The quantitative estimate of drug-likeness (QED) is 0.275. The Morgan fingerprint density at radius 3 is 2.40 bits per heavy atom. The molecule has 0 aliphatic carbocycles. The maximum atomic E-state index is 13.2. The van der Waals surface area contributed by atoms with Crippen molar-refractivity contribution in [1.82, 2.24) is 0 Å². The monoisotopic (exact) mass is 536 g/mol. The fourth-order valence-corrected chi connectivity index (χ4v) is 4.67. The van der Waals surface area contributed by atoms with E-state index in [1.807, 2.05) is 0 Å². The average molecular weight is 537 g/mol. The van der Waals surface area contributed by atoms with Crippen LogP contribution in [0.4, 0.5) is 15.8 Å². The van der Waals surface area contributed by atoms with E-state index in [0.717, 1.165) is 4.90 Å². The highest BCUT2D eigenvalue weighted by molar-refractivity contribution is 9.10. The van der Waals surface area contributed by atoms with Gasteiger partial charge in [-0.15, -0.1) is 0 Å². The number of carbonyl (C=O) groups excluding carboxylic acids is 4. The van der Waals surface area contributed by atoms with Crippen LogP contribution in [0.5, 0.6) is 5.75 Å². The van der Waals surface area contributed by atoms with Gasteiger partial charge in [-0.05, 0) is 73.2 Å². The molecular formula is C26H18BrFN2O5. The Morgan fingerprint density at radius 2 is 1.69 bits per heavy atom. The topological polar surface area (TPSA) is 84.0 Å². The lowest BCUT2D eigenvalue weighted by atomic mass is 10.1. The summed E-state index contributed by atoms with van der Waals surface area (Å²) in [6, 6.07) is 15.0. The number of fused-ring (bicyclic) bond motifs is 1. The van der Waals surface area contributed by atoms with Gasteiger partial charge in [-0.2, -0.15) is 0 Å². The summed E-state index contributed by atoms with van der Waals surface area (Å²) in [5, 5.41) is 0. The molecule has 0 N–H and O–H groups in total. The third-order valence-electron chi connectivity index (χ3n) is 6.07. The number of esters is 1. The van der Waals surface area contributed by atoms with Gasteiger partial charge in [0, 0.05) is 23.1 Å². The van der Waals surface area contributed by atoms with Crippen LogP contribution in [0.2, 0.25) is 0 Å². The molecule has 1 fully saturated rings. The van der Waals surface area contributed by atoms with Gasteiger partial charge in [-0.25, -0.2) is 9.29 Å². The van der Waals surface area contributed by atoms with Crippen molar-refractivity contribution < 1.29 is 28.3 Å². The lowest BCUT2D eigenvalue weighted by Gasteiger charge is -2.18. The number of hydrogen-bond acceptors (Lipinski definition) is 5. The summed E-state index contributed by atoms with van der Waals surface area (Å²) in [6.07, 6.45) is -0.0160. The number of anilines is 2. The Morgan fingerprint density at radius 1 is 0.971 bits per heavy atom. The fourth-order valence-electron chi connectivity index (χ4n) is 4.31. The predicted molar refractivity (Wildman–Crippen MR) is 129 cm³/mol. The van der Waals surface area contributed by atoms with Crippen LogP contribution in [-0.4, -0.2) is 30.2 Å². The van der Waals surface area contributed by atoms with Crippen LogP contribution in [-0.2, 0) is 9.59 Å². The van der Waals surface area contributed by atoms with Gasteiger partial charge in [0.2, 0.25) is 5.91 Å². The van der Waals surface area contributed by atoms with Crippen LogP contribution in [0.25, 0.3) is 0 Å². The molecule has 0 radical (unpaired) electrons. The van der Waals surface area contributed by atoms with Gasteiger partial charge < -0.3 is 9.64 Å². The summed E-state index contributed by atoms with van der Waals surface area (Å²) in [4.78, 5) is 53.4. The molecule has 2 heterocycles. The Kier molecular flexibility index (Phi) is 5.72. The van der Waals surface area contributed by atoms with E-state index in [-0.39, 0.29) is 24.6 Å². The van der Waals surface area contributed by atoms with Gasteiger partial charge in [0.05, 0.1) is 22.7 Å². The van der Waals surface area contributed by atoms with Crippen molar-refractivity contribution in [1.29, 1.82) is 0 Å². The van der Waals surface area contributed by atoms with Crippen LogP contribution in [0.1, 0.15) is 32.7 Å². The summed E-state index contributed by atoms with van der Waals surface area (Å²) in [5.74, 6) is -2.52. The molecule has 3 aromatic rings. The molecule has 2 aliphatic heterocycles. The van der Waals surface area contributed by atoms with Crippen molar-refractivity contribution in [3.63, 3.8) is 0 Å². The molecule has 3 amide bonds. The summed E-state index contributed by atoms with van der Waals surface area (Å²) in [6.45, 7) is 1.84. The van der Waals surface area contributed by atoms with Crippen molar-refractivity contribution in [3.8, 4) is 5.75 Å². The van der Waals surface area contributed by atoms with Crippen LogP contribution in [0, 0.1) is 18.7 Å². The molecule has 1 atom stereocenters. The van der Waals surface area contributed by atoms with Crippen molar-refractivity contribution in [2.45, 2.75) is 13.3 Å². The van der Waals surface area contributed by atoms with Crippen molar-refractivity contribution in [2.24, 2.45) is 5.92 Å². The van der Waals surface area contributed by atoms with Crippen LogP contribution in [0.3, 0.4) is 0 Å². The number of rotatable bonds is 4. The van der Waals surface area contributed by atoms with E-state index >= 15 is 0 Å². The normalized spacial score (nSPS) is 17.2. The zero-order valence-electron chi connectivity index (χ0n) is 18.5. The van der Waals surface area contributed by atoms with E-state index in [2.05, 4.69) is 15.9 Å². The minimum absolute atomic E-state index is 0.0160. The average Bonchev–Trinajstić information content (AvgIpc) is 3.32. The maximum Gasteiger partial charge on any atom is 0.316 e. The zero-order chi connectivity index (χ0) is 24.9. The van der Waals surface area contributed by atoms with Crippen LogP contribution < -0.4 is 14.5 Å². The smallest absolute Gasteiger partial charge is 0.316 e. The Labute approximate surface area is 208 Å². The lowest BCUT2D eigenvalue weighted by Crippen LogP contribution is -2.30. The Balaban J connectivity index is 1.30. The minimum Gasteiger partial charge on any atom is -0.426 e. The number of hydrogen-bond donors (Lipinski definition) is 0. The molecule has 1 saturated heterocycles. The van der Waals surface area contributed by atoms with Gasteiger partial charge in [0.1, 0.15) is 11.6 Å². The van der Waals surface area contributed by atoms with Crippen molar-refractivity contribution in [2.75, 3.05) is 16.3 Å². The molecule has 5 rings (SSSR count). The first-order valence-electron chi connectivity index (χ1n) is 10.8. The highest BCUT2D eigenvalue weighted by Crippen LogP contribution is 2.34. The molecule has 0 spiro atoms. The second-order valence-electron chi connectivity index (χ2n) is 8.39. The first kappa shape index (κ1) is 22.9. The standard InChI is InChI=1S/C26H18BrFN2O5/c1-14-10-19(7-9-22(14)30-24(32)20-8-2-16(27)12-21(20)25(30)33)35-26(34)15-11-23(31)29(13-15)18-5-3-17(28)4-6-18/h2-10,12,15H,11,13H2,1H3/t15-/m0/s1. The van der Waals surface area contributed by atoms with Gasteiger partial charge in [-0.3, -0.25) is 19.2 Å². The van der Waals surface area contributed by atoms with E-state index in [4.69, 9.17) is 4.74 Å². The molecule has 7 nitrogen and oxygen atoms in total. The fraction of sp³-hybridized carbons (Fsp3) is 0.154. The third-order valence-corrected chi connectivity index (χ3v) is 6.57. The summed E-state index contributed by atoms with van der Waals surface area (Å²) >= 11 is 3.32. The molecule has 9 heteroatoms. The lowest BCUT2D eigenvalue weighted by molar-refractivity contribution is -0.139. The van der Waals surface area contributed by atoms with Gasteiger partial charge in [0.15, 0.2) is 0 Å². The van der Waals surface area contributed by atoms with Crippen LogP contribution >= 0.6 is 15.9 Å². The van der Waals surface area contributed by atoms with Gasteiger partial charge in [0.25, 0.3) is 11.8 Å². The van der Waals surface area contributed by atoms with Crippen molar-refractivity contribution >= 4 is 51.0 Å². The second-order valence-corrected chi connectivity index (χ2v) is 9.30. The number of amides is 3. The maximum absolute atomic E-state index is 13.2. The predicted octanol–water partition coefficient (Wildman–Crippen LogP) is 4.66. The first-order valence-corrected chi connectivity index (χ1v) is 11.6. The van der Waals surface area contributed by atoms with Crippen molar-refractivity contribution in [3.05, 3.63) is 87.6 Å². The third kappa shape index (κ3) is 4.12. The molecule has 0 saturated carbocycles. The molecule has 35 heavy (non-hydrogen) atoms. The number of halogens is 2. The van der Waals surface area contributed by atoms with E-state index < -0.39 is 29.5 Å². The first-order chi connectivity index (χ1) is 16.7. The van der Waals surface area contributed by atoms with E-state index in [1.165, 1.54) is 35.2 Å². The number of ether oxygens (including phenoxy) is 1. The van der Waals surface area contributed by atoms with E-state index in [0.29, 0.717) is 32.5 Å². The van der Waals surface area contributed by atoms with E-state index in [9.17, 15) is 23.6 Å². The Bertz CT molecular complexity index is 1410. The molecule has 0 bridgehead atoms. The number of aryl methyl sites for hydroxylation is 1.